The summed E-state index contributed by atoms with van der Waals surface area (Å²) in [6.45, 7) is 0.373. The summed E-state index contributed by atoms with van der Waals surface area (Å²) in [6.07, 6.45) is 4.95. The first-order valence-electron chi connectivity index (χ1n) is 5.55. The van der Waals surface area contributed by atoms with Gasteiger partial charge >= 0.3 is 0 Å². The zero-order valence-corrected chi connectivity index (χ0v) is 8.52. The van der Waals surface area contributed by atoms with Gasteiger partial charge in [-0.3, -0.25) is 0 Å². The van der Waals surface area contributed by atoms with Crippen molar-refractivity contribution in [3.8, 4) is 0 Å². The van der Waals surface area contributed by atoms with E-state index in [2.05, 4.69) is 30.3 Å². The van der Waals surface area contributed by atoms with Crippen molar-refractivity contribution < 1.29 is 5.11 Å². The van der Waals surface area contributed by atoms with Gasteiger partial charge in [0, 0.05) is 6.61 Å². The predicted octanol–water partition coefficient (Wildman–Crippen LogP) is 2.64. The maximum atomic E-state index is 9.21. The standard InChI is InChI=1S/C13H18O/c14-10-13-8-4-7-12(13)9-11-5-2-1-3-6-11/h1-3,5-6,12-14H,4,7-10H2. The molecule has 1 aromatic rings. The fourth-order valence-electron chi connectivity index (χ4n) is 2.54. The third-order valence-corrected chi connectivity index (χ3v) is 3.39. The van der Waals surface area contributed by atoms with E-state index in [9.17, 15) is 5.11 Å². The van der Waals surface area contributed by atoms with Crippen LogP contribution in [0.4, 0.5) is 0 Å². The van der Waals surface area contributed by atoms with E-state index in [-0.39, 0.29) is 0 Å². The van der Waals surface area contributed by atoms with Gasteiger partial charge in [-0.1, -0.05) is 36.8 Å². The molecule has 1 N–H and O–H groups in total. The highest BCUT2D eigenvalue weighted by Crippen LogP contribution is 2.33. The predicted molar refractivity (Wildman–Crippen MR) is 58.1 cm³/mol. The van der Waals surface area contributed by atoms with Crippen molar-refractivity contribution in [3.05, 3.63) is 35.9 Å². The number of benzene rings is 1. The van der Waals surface area contributed by atoms with Crippen molar-refractivity contribution in [2.75, 3.05) is 6.61 Å². The molecular formula is C13H18O. The molecule has 1 aliphatic rings. The average Bonchev–Trinajstić information content (AvgIpc) is 2.67. The minimum Gasteiger partial charge on any atom is -0.396 e. The van der Waals surface area contributed by atoms with E-state index in [1.54, 1.807) is 0 Å². The van der Waals surface area contributed by atoms with Crippen molar-refractivity contribution in [3.63, 3.8) is 0 Å². The van der Waals surface area contributed by atoms with Gasteiger partial charge in [0.1, 0.15) is 0 Å². The van der Waals surface area contributed by atoms with Gasteiger partial charge in [-0.05, 0) is 36.7 Å². The van der Waals surface area contributed by atoms with Crippen LogP contribution in [0.2, 0.25) is 0 Å². The van der Waals surface area contributed by atoms with Crippen LogP contribution in [-0.4, -0.2) is 11.7 Å². The fourth-order valence-corrected chi connectivity index (χ4v) is 2.54. The van der Waals surface area contributed by atoms with Gasteiger partial charge in [0.2, 0.25) is 0 Å². The van der Waals surface area contributed by atoms with Crippen molar-refractivity contribution in [1.29, 1.82) is 0 Å². The second-order valence-electron chi connectivity index (χ2n) is 4.32. The van der Waals surface area contributed by atoms with Crippen LogP contribution < -0.4 is 0 Å². The molecule has 1 fully saturated rings. The minimum atomic E-state index is 0.373. The highest BCUT2D eigenvalue weighted by Gasteiger charge is 2.26. The Morgan fingerprint density at radius 3 is 2.50 bits per heavy atom. The summed E-state index contributed by atoms with van der Waals surface area (Å²) in [6, 6.07) is 10.6. The molecule has 0 aromatic heterocycles. The monoisotopic (exact) mass is 190 g/mol. The Hall–Kier alpha value is -0.820. The summed E-state index contributed by atoms with van der Waals surface area (Å²) in [5, 5.41) is 9.21. The van der Waals surface area contributed by atoms with Crippen molar-refractivity contribution in [2.24, 2.45) is 11.8 Å². The van der Waals surface area contributed by atoms with E-state index < -0.39 is 0 Å². The SMILES string of the molecule is OCC1CCCC1Cc1ccccc1. The number of hydrogen-bond donors (Lipinski definition) is 1. The van der Waals surface area contributed by atoms with E-state index in [4.69, 9.17) is 0 Å². The van der Waals surface area contributed by atoms with Crippen molar-refractivity contribution in [2.45, 2.75) is 25.7 Å². The number of rotatable bonds is 3. The van der Waals surface area contributed by atoms with Crippen LogP contribution in [0.3, 0.4) is 0 Å². The smallest absolute Gasteiger partial charge is 0.0462 e. The lowest BCUT2D eigenvalue weighted by Crippen LogP contribution is -2.14. The molecule has 0 amide bonds. The second-order valence-corrected chi connectivity index (χ2v) is 4.32. The highest BCUT2D eigenvalue weighted by molar-refractivity contribution is 5.15. The summed E-state index contributed by atoms with van der Waals surface area (Å²) >= 11 is 0. The zero-order chi connectivity index (χ0) is 9.80. The molecule has 0 heterocycles. The lowest BCUT2D eigenvalue weighted by Gasteiger charge is -2.16. The van der Waals surface area contributed by atoms with E-state index in [1.165, 1.54) is 24.8 Å². The van der Waals surface area contributed by atoms with Gasteiger partial charge in [0.15, 0.2) is 0 Å². The van der Waals surface area contributed by atoms with Crippen LogP contribution >= 0.6 is 0 Å². The lowest BCUT2D eigenvalue weighted by atomic mass is 9.90. The van der Waals surface area contributed by atoms with Crippen LogP contribution in [0.15, 0.2) is 30.3 Å². The summed E-state index contributed by atoms with van der Waals surface area (Å²) < 4.78 is 0. The summed E-state index contributed by atoms with van der Waals surface area (Å²) in [5.74, 6) is 1.26. The molecule has 1 saturated carbocycles. The zero-order valence-electron chi connectivity index (χ0n) is 8.52. The molecule has 0 radical (unpaired) electrons. The lowest BCUT2D eigenvalue weighted by molar-refractivity contribution is 0.194. The van der Waals surface area contributed by atoms with Gasteiger partial charge < -0.3 is 5.11 Å². The van der Waals surface area contributed by atoms with E-state index >= 15 is 0 Å². The Bertz CT molecular complexity index is 268. The average molecular weight is 190 g/mol. The molecular weight excluding hydrogens is 172 g/mol. The molecule has 0 aliphatic heterocycles. The first-order valence-corrected chi connectivity index (χ1v) is 5.55. The maximum Gasteiger partial charge on any atom is 0.0462 e. The molecule has 1 aromatic carbocycles. The van der Waals surface area contributed by atoms with Gasteiger partial charge in [-0.15, -0.1) is 0 Å². The third-order valence-electron chi connectivity index (χ3n) is 3.39. The molecule has 2 rings (SSSR count). The van der Waals surface area contributed by atoms with Gasteiger partial charge in [-0.2, -0.15) is 0 Å². The summed E-state index contributed by atoms with van der Waals surface area (Å²) in [4.78, 5) is 0. The largest absolute Gasteiger partial charge is 0.396 e. The van der Waals surface area contributed by atoms with E-state index in [0.29, 0.717) is 18.4 Å². The molecule has 1 nitrogen and oxygen atoms in total. The van der Waals surface area contributed by atoms with Gasteiger partial charge in [-0.25, -0.2) is 0 Å². The maximum absolute atomic E-state index is 9.21. The topological polar surface area (TPSA) is 20.2 Å². The Labute approximate surface area is 85.8 Å². The van der Waals surface area contributed by atoms with Crippen LogP contribution in [0.25, 0.3) is 0 Å². The van der Waals surface area contributed by atoms with Gasteiger partial charge in [0.25, 0.3) is 0 Å². The van der Waals surface area contributed by atoms with Crippen molar-refractivity contribution >= 4 is 0 Å². The van der Waals surface area contributed by atoms with Crippen LogP contribution in [-0.2, 0) is 6.42 Å². The minimum absolute atomic E-state index is 0.373. The van der Waals surface area contributed by atoms with Crippen LogP contribution in [0, 0.1) is 11.8 Å². The Morgan fingerprint density at radius 1 is 1.07 bits per heavy atom. The number of aliphatic hydroxyl groups excluding tert-OH is 1. The van der Waals surface area contributed by atoms with E-state index in [1.807, 2.05) is 0 Å². The quantitative estimate of drug-likeness (QED) is 0.777. The first kappa shape index (κ1) is 9.72. The van der Waals surface area contributed by atoms with E-state index in [0.717, 1.165) is 6.42 Å². The summed E-state index contributed by atoms with van der Waals surface area (Å²) in [5.41, 5.74) is 1.41. The molecule has 0 bridgehead atoms. The summed E-state index contributed by atoms with van der Waals surface area (Å²) in [7, 11) is 0. The van der Waals surface area contributed by atoms with Gasteiger partial charge in [0.05, 0.1) is 0 Å². The second kappa shape index (κ2) is 4.61. The highest BCUT2D eigenvalue weighted by atomic mass is 16.3. The molecule has 0 spiro atoms. The number of aliphatic hydroxyl groups is 1. The normalized spacial score (nSPS) is 26.6. The first-order chi connectivity index (χ1) is 6.90. The molecule has 1 heteroatoms. The molecule has 1 aliphatic carbocycles. The van der Waals surface area contributed by atoms with Crippen LogP contribution in [0.1, 0.15) is 24.8 Å². The number of hydrogen-bond acceptors (Lipinski definition) is 1. The molecule has 14 heavy (non-hydrogen) atoms. The molecule has 2 atom stereocenters. The Morgan fingerprint density at radius 2 is 1.79 bits per heavy atom. The molecule has 0 saturated heterocycles. The van der Waals surface area contributed by atoms with Crippen LogP contribution in [0.5, 0.6) is 0 Å². The molecule has 2 unspecified atom stereocenters. The molecule has 76 valence electrons. The van der Waals surface area contributed by atoms with Crippen molar-refractivity contribution in [1.82, 2.24) is 0 Å². The Balaban J connectivity index is 1.97. The third kappa shape index (κ3) is 2.16. The fraction of sp³-hybridized carbons (Fsp3) is 0.538. The Kier molecular flexibility index (Phi) is 3.20.